The first-order valence-corrected chi connectivity index (χ1v) is 5.08. The predicted molar refractivity (Wildman–Crippen MR) is 59.2 cm³/mol. The lowest BCUT2D eigenvalue weighted by molar-refractivity contribution is -0.767. The van der Waals surface area contributed by atoms with Crippen molar-refractivity contribution in [1.82, 2.24) is 10.6 Å². The number of hydrogen-bond acceptors (Lipinski definition) is 7. The van der Waals surface area contributed by atoms with Gasteiger partial charge in [-0.2, -0.15) is 0 Å². The van der Waals surface area contributed by atoms with E-state index in [1.54, 1.807) is 0 Å². The second-order valence-electron chi connectivity index (χ2n) is 3.39. The molecule has 0 spiro atoms. The number of rotatable bonds is 8. The van der Waals surface area contributed by atoms with Gasteiger partial charge in [0.05, 0.1) is 6.54 Å². The molecule has 108 valence electrons. The molecule has 0 radical (unpaired) electrons. The van der Waals surface area contributed by atoms with Crippen molar-refractivity contribution in [1.29, 1.82) is 0 Å². The van der Waals surface area contributed by atoms with Gasteiger partial charge in [0.25, 0.3) is 5.09 Å². The fourth-order valence-electron chi connectivity index (χ4n) is 1.10. The molecule has 5 N–H and O–H groups in total. The number of amides is 2. The first-order chi connectivity index (χ1) is 8.77. The zero-order valence-electron chi connectivity index (χ0n) is 9.99. The maximum atomic E-state index is 11.6. The minimum absolute atomic E-state index is 0.437. The molecule has 0 aromatic heterocycles. The van der Waals surface area contributed by atoms with Crippen molar-refractivity contribution in [3.05, 3.63) is 10.1 Å². The maximum Gasteiger partial charge on any atom is 0.322 e. The van der Waals surface area contributed by atoms with Gasteiger partial charge in [-0.3, -0.25) is 14.4 Å². The molecule has 0 aromatic rings. The van der Waals surface area contributed by atoms with Gasteiger partial charge in [0.2, 0.25) is 11.8 Å². The van der Waals surface area contributed by atoms with Gasteiger partial charge in [0.1, 0.15) is 18.7 Å². The van der Waals surface area contributed by atoms with E-state index in [1.165, 1.54) is 6.92 Å². The van der Waals surface area contributed by atoms with Crippen LogP contribution in [0.2, 0.25) is 0 Å². The van der Waals surface area contributed by atoms with Crippen LogP contribution < -0.4 is 16.4 Å². The van der Waals surface area contributed by atoms with E-state index in [9.17, 15) is 24.5 Å². The Labute approximate surface area is 107 Å². The Morgan fingerprint density at radius 2 is 2.05 bits per heavy atom. The summed E-state index contributed by atoms with van der Waals surface area (Å²) in [5.41, 5.74) is 5.03. The second-order valence-corrected chi connectivity index (χ2v) is 3.39. The highest BCUT2D eigenvalue weighted by Crippen LogP contribution is 2.00. The molecule has 0 heterocycles. The average molecular weight is 278 g/mol. The summed E-state index contributed by atoms with van der Waals surface area (Å²) in [5.74, 6) is -2.98. The van der Waals surface area contributed by atoms with Crippen LogP contribution in [0.3, 0.4) is 0 Å². The minimum Gasteiger partial charge on any atom is -0.480 e. The quantitative estimate of drug-likeness (QED) is 0.272. The summed E-state index contributed by atoms with van der Waals surface area (Å²) < 4.78 is 0. The monoisotopic (exact) mass is 278 g/mol. The third-order valence-corrected chi connectivity index (χ3v) is 1.92. The maximum absolute atomic E-state index is 11.6. The second kappa shape index (κ2) is 7.81. The van der Waals surface area contributed by atoms with Gasteiger partial charge < -0.3 is 26.3 Å². The Hall–Kier alpha value is -2.43. The van der Waals surface area contributed by atoms with E-state index in [2.05, 4.69) is 10.2 Å². The Morgan fingerprint density at radius 3 is 2.47 bits per heavy atom. The van der Waals surface area contributed by atoms with Crippen LogP contribution in [-0.2, 0) is 19.2 Å². The molecule has 0 rings (SSSR count). The van der Waals surface area contributed by atoms with Crippen molar-refractivity contribution in [3.63, 3.8) is 0 Å². The highest BCUT2D eigenvalue weighted by molar-refractivity contribution is 5.90. The Morgan fingerprint density at radius 1 is 1.47 bits per heavy atom. The minimum atomic E-state index is -1.43. The number of nitrogens with one attached hydrogen (secondary N) is 2. The lowest BCUT2D eigenvalue weighted by atomic mass is 10.1. The van der Waals surface area contributed by atoms with Gasteiger partial charge in [-0.1, -0.05) is 0 Å². The zero-order chi connectivity index (χ0) is 15.0. The van der Waals surface area contributed by atoms with Gasteiger partial charge in [0, 0.05) is 0 Å². The lowest BCUT2D eigenvalue weighted by Crippen LogP contribution is -2.55. The third kappa shape index (κ3) is 6.78. The fraction of sp³-hybridized carbons (Fsp3) is 0.625. The molecule has 2 atom stereocenters. The highest BCUT2D eigenvalue weighted by Gasteiger charge is 2.29. The molecule has 0 bridgehead atoms. The Bertz CT molecular complexity index is 372. The molecule has 0 fully saturated rings. The topological polar surface area (TPSA) is 174 Å². The Kier molecular flexibility index (Phi) is 6.81. The van der Waals surface area contributed by atoms with Crippen LogP contribution in [-0.4, -0.2) is 53.2 Å². The van der Waals surface area contributed by atoms with E-state index < -0.39 is 48.1 Å². The molecule has 11 nitrogen and oxygen atoms in total. The van der Waals surface area contributed by atoms with Crippen molar-refractivity contribution in [2.45, 2.75) is 19.1 Å². The molecular weight excluding hydrogens is 264 g/mol. The summed E-state index contributed by atoms with van der Waals surface area (Å²) in [7, 11) is 0. The van der Waals surface area contributed by atoms with Crippen LogP contribution >= 0.6 is 0 Å². The average Bonchev–Trinajstić information content (AvgIpc) is 2.31. The molecule has 0 aromatic carbocycles. The van der Waals surface area contributed by atoms with E-state index in [0.29, 0.717) is 0 Å². The predicted octanol–water partition coefficient (Wildman–Crippen LogP) is -2.77. The molecule has 0 saturated carbocycles. The number of carboxylic acids is 1. The molecule has 0 aliphatic carbocycles. The number of nitrogens with two attached hydrogens (primary N) is 1. The summed E-state index contributed by atoms with van der Waals surface area (Å²) in [6.07, 6.45) is -1.31. The summed E-state index contributed by atoms with van der Waals surface area (Å²) in [6, 6.07) is -1.43. The molecule has 0 aliphatic rings. The van der Waals surface area contributed by atoms with Crippen molar-refractivity contribution in [2.75, 3.05) is 13.1 Å². The van der Waals surface area contributed by atoms with Crippen molar-refractivity contribution < 1.29 is 29.4 Å². The van der Waals surface area contributed by atoms with E-state index in [-0.39, 0.29) is 0 Å². The van der Waals surface area contributed by atoms with Gasteiger partial charge in [-0.05, 0) is 6.92 Å². The number of carboxylic acid groups (broad SMARTS) is 1. The number of hydrogen-bond donors (Lipinski definition) is 4. The summed E-state index contributed by atoms with van der Waals surface area (Å²) >= 11 is 0. The van der Waals surface area contributed by atoms with Crippen LogP contribution in [0.4, 0.5) is 0 Å². The highest BCUT2D eigenvalue weighted by atomic mass is 17.0. The SMILES string of the molecule is C[C@@H](O[N+](=O)[O-])[C@H](NC(=O)CN)C(=O)NCC(=O)O. The molecule has 0 aliphatic heterocycles. The van der Waals surface area contributed by atoms with Crippen LogP contribution in [0, 0.1) is 10.1 Å². The summed E-state index contributed by atoms with van der Waals surface area (Å²) in [5, 5.41) is 21.5. The fourth-order valence-corrected chi connectivity index (χ4v) is 1.10. The molecule has 0 saturated heterocycles. The summed E-state index contributed by atoms with van der Waals surface area (Å²) in [6.45, 7) is 0.0392. The standard InChI is InChI=1S/C8H14N4O7/c1-4(19-12(17)18)7(11-5(13)2-9)8(16)10-3-6(14)15/h4,7H,2-3,9H2,1H3,(H,10,16)(H,11,13)(H,14,15)/t4-,7+/m1/s1. The number of aliphatic carboxylic acids is 1. The van der Waals surface area contributed by atoms with Crippen molar-refractivity contribution >= 4 is 17.8 Å². The van der Waals surface area contributed by atoms with E-state index >= 15 is 0 Å². The van der Waals surface area contributed by atoms with E-state index in [4.69, 9.17) is 10.8 Å². The van der Waals surface area contributed by atoms with E-state index in [1.807, 2.05) is 5.32 Å². The lowest BCUT2D eigenvalue weighted by Gasteiger charge is -2.22. The normalized spacial score (nSPS) is 12.9. The molecule has 19 heavy (non-hydrogen) atoms. The van der Waals surface area contributed by atoms with Crippen LogP contribution in [0.25, 0.3) is 0 Å². The largest absolute Gasteiger partial charge is 0.480 e. The van der Waals surface area contributed by atoms with Gasteiger partial charge in [-0.25, -0.2) is 0 Å². The van der Waals surface area contributed by atoms with Crippen LogP contribution in [0.1, 0.15) is 6.92 Å². The van der Waals surface area contributed by atoms with Crippen molar-refractivity contribution in [3.8, 4) is 0 Å². The number of carbonyl (C=O) groups is 3. The molecular formula is C8H14N4O7. The van der Waals surface area contributed by atoms with Gasteiger partial charge in [-0.15, -0.1) is 10.1 Å². The summed E-state index contributed by atoms with van der Waals surface area (Å²) in [4.78, 5) is 47.3. The number of nitrogens with zero attached hydrogens (tertiary/aromatic N) is 1. The van der Waals surface area contributed by atoms with Crippen LogP contribution in [0.15, 0.2) is 0 Å². The first kappa shape index (κ1) is 16.6. The molecule has 2 amide bonds. The molecule has 0 unspecified atom stereocenters. The van der Waals surface area contributed by atoms with Gasteiger partial charge in [0.15, 0.2) is 0 Å². The Balaban J connectivity index is 4.73. The third-order valence-electron chi connectivity index (χ3n) is 1.92. The zero-order valence-corrected chi connectivity index (χ0v) is 9.99. The molecule has 11 heteroatoms. The first-order valence-electron chi connectivity index (χ1n) is 5.08. The number of carbonyl (C=O) groups excluding carboxylic acids is 2. The van der Waals surface area contributed by atoms with Crippen LogP contribution in [0.5, 0.6) is 0 Å². The van der Waals surface area contributed by atoms with Crippen molar-refractivity contribution in [2.24, 2.45) is 5.73 Å². The van der Waals surface area contributed by atoms with E-state index in [0.717, 1.165) is 0 Å². The van der Waals surface area contributed by atoms with Gasteiger partial charge >= 0.3 is 5.97 Å². The smallest absolute Gasteiger partial charge is 0.322 e.